The van der Waals surface area contributed by atoms with Gasteiger partial charge in [0, 0.05) is 21.5 Å². The van der Waals surface area contributed by atoms with Gasteiger partial charge in [0.15, 0.2) is 5.78 Å². The maximum absolute atomic E-state index is 12.7. The zero-order valence-electron chi connectivity index (χ0n) is 16.7. The van der Waals surface area contributed by atoms with Crippen LogP contribution in [0.2, 0.25) is 0 Å². The SMILES string of the molecule is CC(=O)c1ccc(NC(=O)C(C)Sc2ncnc3sc4c(c23)CCC(C)C4)cc1. The van der Waals surface area contributed by atoms with Gasteiger partial charge in [-0.25, -0.2) is 9.97 Å². The molecule has 7 heteroatoms. The molecule has 0 fully saturated rings. The molecule has 0 aliphatic heterocycles. The molecule has 29 heavy (non-hydrogen) atoms. The average Bonchev–Trinajstić information content (AvgIpc) is 3.06. The summed E-state index contributed by atoms with van der Waals surface area (Å²) in [5.74, 6) is 0.627. The first-order valence-corrected chi connectivity index (χ1v) is 11.5. The Kier molecular flexibility index (Phi) is 5.69. The minimum atomic E-state index is -0.307. The number of ketones is 1. The van der Waals surface area contributed by atoms with E-state index in [2.05, 4.69) is 22.2 Å². The van der Waals surface area contributed by atoms with Crippen molar-refractivity contribution in [3.63, 3.8) is 0 Å². The fourth-order valence-corrected chi connectivity index (χ4v) is 5.95. The number of fused-ring (bicyclic) bond motifs is 3. The molecule has 150 valence electrons. The molecule has 1 N–H and O–H groups in total. The number of anilines is 1. The molecular weight excluding hydrogens is 402 g/mol. The van der Waals surface area contributed by atoms with Crippen molar-refractivity contribution in [3.8, 4) is 0 Å². The van der Waals surface area contributed by atoms with Gasteiger partial charge >= 0.3 is 0 Å². The number of amides is 1. The number of hydrogen-bond acceptors (Lipinski definition) is 6. The number of nitrogens with zero attached hydrogens (tertiary/aromatic N) is 2. The predicted octanol–water partition coefficient (Wildman–Crippen LogP) is 5.14. The summed E-state index contributed by atoms with van der Waals surface area (Å²) in [6.45, 7) is 5.71. The molecule has 3 aromatic rings. The van der Waals surface area contributed by atoms with Gasteiger partial charge in [0.1, 0.15) is 16.2 Å². The smallest absolute Gasteiger partial charge is 0.237 e. The molecule has 0 saturated carbocycles. The number of benzene rings is 1. The van der Waals surface area contributed by atoms with Crippen molar-refractivity contribution in [1.29, 1.82) is 0 Å². The van der Waals surface area contributed by atoms with Gasteiger partial charge < -0.3 is 5.32 Å². The van der Waals surface area contributed by atoms with Crippen molar-refractivity contribution in [2.45, 2.75) is 50.3 Å². The Hall–Kier alpha value is -2.25. The first-order valence-electron chi connectivity index (χ1n) is 9.76. The van der Waals surface area contributed by atoms with Crippen LogP contribution in [0.1, 0.15) is 48.0 Å². The van der Waals surface area contributed by atoms with E-state index in [-0.39, 0.29) is 16.9 Å². The van der Waals surface area contributed by atoms with Crippen LogP contribution in [0.15, 0.2) is 35.6 Å². The lowest BCUT2D eigenvalue weighted by Gasteiger charge is -2.18. The van der Waals surface area contributed by atoms with Crippen LogP contribution < -0.4 is 5.32 Å². The van der Waals surface area contributed by atoms with Crippen LogP contribution >= 0.6 is 23.1 Å². The highest BCUT2D eigenvalue weighted by Crippen LogP contribution is 2.41. The summed E-state index contributed by atoms with van der Waals surface area (Å²) in [5.41, 5.74) is 2.69. The van der Waals surface area contributed by atoms with Gasteiger partial charge in [-0.15, -0.1) is 11.3 Å². The van der Waals surface area contributed by atoms with Crippen LogP contribution in [0, 0.1) is 5.92 Å². The summed E-state index contributed by atoms with van der Waals surface area (Å²) in [4.78, 5) is 35.5. The van der Waals surface area contributed by atoms with Gasteiger partial charge in [-0.2, -0.15) is 0 Å². The van der Waals surface area contributed by atoms with Crippen molar-refractivity contribution in [3.05, 3.63) is 46.6 Å². The molecule has 0 bridgehead atoms. The van der Waals surface area contributed by atoms with E-state index >= 15 is 0 Å². The normalized spacial score (nSPS) is 17.0. The predicted molar refractivity (Wildman–Crippen MR) is 119 cm³/mol. The fourth-order valence-electron chi connectivity index (χ4n) is 3.59. The number of rotatable bonds is 5. The summed E-state index contributed by atoms with van der Waals surface area (Å²) in [7, 11) is 0. The van der Waals surface area contributed by atoms with Crippen LogP contribution in [0.3, 0.4) is 0 Å². The quantitative estimate of drug-likeness (QED) is 0.348. The Balaban J connectivity index is 1.52. The van der Waals surface area contributed by atoms with Gasteiger partial charge in [-0.3, -0.25) is 9.59 Å². The molecule has 0 spiro atoms. The van der Waals surface area contributed by atoms with Crippen molar-refractivity contribution >= 4 is 50.7 Å². The zero-order chi connectivity index (χ0) is 20.5. The number of thioether (sulfide) groups is 1. The third-order valence-corrected chi connectivity index (χ3v) is 7.54. The summed E-state index contributed by atoms with van der Waals surface area (Å²) >= 11 is 3.24. The van der Waals surface area contributed by atoms with E-state index in [0.29, 0.717) is 17.2 Å². The van der Waals surface area contributed by atoms with Crippen LogP contribution in [0.4, 0.5) is 5.69 Å². The van der Waals surface area contributed by atoms with Crippen molar-refractivity contribution < 1.29 is 9.59 Å². The minimum Gasteiger partial charge on any atom is -0.325 e. The molecule has 0 saturated heterocycles. The first-order chi connectivity index (χ1) is 13.9. The van der Waals surface area contributed by atoms with Gasteiger partial charge in [0.25, 0.3) is 0 Å². The molecule has 5 nitrogen and oxygen atoms in total. The largest absolute Gasteiger partial charge is 0.325 e. The molecule has 2 unspecified atom stereocenters. The molecule has 0 radical (unpaired) electrons. The lowest BCUT2D eigenvalue weighted by Crippen LogP contribution is -2.22. The topological polar surface area (TPSA) is 72.0 Å². The second-order valence-electron chi connectivity index (χ2n) is 7.59. The number of carbonyl (C=O) groups excluding carboxylic acids is 2. The van der Waals surface area contributed by atoms with E-state index in [0.717, 1.165) is 28.1 Å². The van der Waals surface area contributed by atoms with E-state index in [4.69, 9.17) is 0 Å². The lowest BCUT2D eigenvalue weighted by atomic mass is 9.89. The Morgan fingerprint density at radius 1 is 1.24 bits per heavy atom. The minimum absolute atomic E-state index is 0.00747. The average molecular weight is 426 g/mol. The molecule has 4 rings (SSSR count). The van der Waals surface area contributed by atoms with E-state index in [1.165, 1.54) is 35.5 Å². The summed E-state index contributed by atoms with van der Waals surface area (Å²) in [6.07, 6.45) is 4.94. The van der Waals surface area contributed by atoms with Crippen molar-refractivity contribution in [2.75, 3.05) is 5.32 Å². The summed E-state index contributed by atoms with van der Waals surface area (Å²) in [6, 6.07) is 6.96. The van der Waals surface area contributed by atoms with Gasteiger partial charge in [-0.1, -0.05) is 18.7 Å². The van der Waals surface area contributed by atoms with Crippen LogP contribution in [0.25, 0.3) is 10.2 Å². The number of thiophene rings is 1. The van der Waals surface area contributed by atoms with Crippen LogP contribution in [-0.4, -0.2) is 26.9 Å². The molecule has 1 aliphatic carbocycles. The van der Waals surface area contributed by atoms with Gasteiger partial charge in [-0.05, 0) is 68.9 Å². The number of nitrogens with one attached hydrogen (secondary N) is 1. The second-order valence-corrected chi connectivity index (χ2v) is 10.0. The Morgan fingerprint density at radius 3 is 2.72 bits per heavy atom. The van der Waals surface area contributed by atoms with Crippen molar-refractivity contribution in [2.24, 2.45) is 5.92 Å². The highest BCUT2D eigenvalue weighted by Gasteiger charge is 2.25. The molecular formula is C22H23N3O2S2. The third kappa shape index (κ3) is 4.21. The molecule has 1 aliphatic rings. The van der Waals surface area contributed by atoms with Crippen LogP contribution in [-0.2, 0) is 17.6 Å². The Morgan fingerprint density at radius 2 is 2.00 bits per heavy atom. The highest BCUT2D eigenvalue weighted by atomic mass is 32.2. The number of carbonyl (C=O) groups is 2. The molecule has 2 heterocycles. The van der Waals surface area contributed by atoms with Gasteiger partial charge in [0.2, 0.25) is 5.91 Å². The monoisotopic (exact) mass is 425 g/mol. The molecule has 1 aromatic carbocycles. The fraction of sp³-hybridized carbons (Fsp3) is 0.364. The first kappa shape index (κ1) is 20.0. The number of hydrogen-bond donors (Lipinski definition) is 1. The van der Waals surface area contributed by atoms with E-state index in [9.17, 15) is 9.59 Å². The maximum atomic E-state index is 12.7. The summed E-state index contributed by atoms with van der Waals surface area (Å²) in [5, 5.41) is 4.64. The molecule has 2 aromatic heterocycles. The molecule has 1 amide bonds. The zero-order valence-corrected chi connectivity index (χ0v) is 18.3. The van der Waals surface area contributed by atoms with E-state index in [1.807, 2.05) is 6.92 Å². The Labute approximate surface area is 178 Å². The molecule has 2 atom stereocenters. The third-order valence-electron chi connectivity index (χ3n) is 5.27. The Bertz CT molecular complexity index is 1080. The highest BCUT2D eigenvalue weighted by molar-refractivity contribution is 8.00. The van der Waals surface area contributed by atoms with Gasteiger partial charge in [0.05, 0.1) is 5.25 Å². The van der Waals surface area contributed by atoms with Crippen molar-refractivity contribution in [1.82, 2.24) is 9.97 Å². The lowest BCUT2D eigenvalue weighted by molar-refractivity contribution is -0.115. The standard InChI is InChI=1S/C22H23N3O2S2/c1-12-4-9-17-18(10-12)29-22-19(17)21(23-11-24-22)28-14(3)20(27)25-16-7-5-15(6-8-16)13(2)26/h5-8,11-12,14H,4,9-10H2,1-3H3,(H,25,27). The number of Topliss-reactive ketones (excluding diaryl/α,β-unsaturated/α-hetero) is 1. The maximum Gasteiger partial charge on any atom is 0.237 e. The second kappa shape index (κ2) is 8.24. The summed E-state index contributed by atoms with van der Waals surface area (Å²) < 4.78 is 0. The van der Waals surface area contributed by atoms with Crippen LogP contribution in [0.5, 0.6) is 0 Å². The van der Waals surface area contributed by atoms with E-state index < -0.39 is 0 Å². The number of aryl methyl sites for hydroxylation is 1. The number of aromatic nitrogens is 2. The van der Waals surface area contributed by atoms with E-state index in [1.54, 1.807) is 41.9 Å².